The highest BCUT2D eigenvalue weighted by molar-refractivity contribution is 5.87. The van der Waals surface area contributed by atoms with Gasteiger partial charge in [-0.25, -0.2) is 9.59 Å². The molecule has 0 spiro atoms. The molecule has 8 nitrogen and oxygen atoms in total. The van der Waals surface area contributed by atoms with Crippen LogP contribution in [0, 0.1) is 0 Å². The molecule has 4 rings (SSSR count). The van der Waals surface area contributed by atoms with E-state index in [-0.39, 0.29) is 5.92 Å². The van der Waals surface area contributed by atoms with Gasteiger partial charge in [0.15, 0.2) is 11.2 Å². The summed E-state index contributed by atoms with van der Waals surface area (Å²) in [6.07, 6.45) is 0.749. The van der Waals surface area contributed by atoms with E-state index in [1.165, 1.54) is 0 Å². The lowest BCUT2D eigenvalue weighted by Crippen LogP contribution is -2.02. The van der Waals surface area contributed by atoms with E-state index in [9.17, 15) is 9.59 Å². The molecule has 0 fully saturated rings. The summed E-state index contributed by atoms with van der Waals surface area (Å²) < 4.78 is 10.3. The Labute approximate surface area is 140 Å². The Morgan fingerprint density at radius 3 is 1.72 bits per heavy atom. The number of anilines is 2. The van der Waals surface area contributed by atoms with Gasteiger partial charge in [-0.1, -0.05) is 6.92 Å². The van der Waals surface area contributed by atoms with Crippen LogP contribution in [0.4, 0.5) is 11.4 Å². The van der Waals surface area contributed by atoms with E-state index in [0.29, 0.717) is 33.6 Å². The van der Waals surface area contributed by atoms with Crippen LogP contribution >= 0.6 is 0 Å². The van der Waals surface area contributed by atoms with Gasteiger partial charge in [-0.3, -0.25) is 9.97 Å². The predicted octanol–water partition coefficient (Wildman–Crippen LogP) is 2.26. The van der Waals surface area contributed by atoms with E-state index in [2.05, 4.69) is 9.97 Å². The van der Waals surface area contributed by atoms with Gasteiger partial charge in [0.2, 0.25) is 0 Å². The number of hydrogen-bond donors (Lipinski definition) is 4. The summed E-state index contributed by atoms with van der Waals surface area (Å²) in [5, 5.41) is 0. The molecule has 25 heavy (non-hydrogen) atoms. The fraction of sp³-hybridized carbons (Fsp3) is 0.176. The molecule has 2 aromatic carbocycles. The molecule has 0 radical (unpaired) electrons. The summed E-state index contributed by atoms with van der Waals surface area (Å²) in [6, 6.07) is 7.17. The lowest BCUT2D eigenvalue weighted by Gasteiger charge is -2.17. The van der Waals surface area contributed by atoms with Gasteiger partial charge in [0, 0.05) is 5.92 Å². The summed E-state index contributed by atoms with van der Waals surface area (Å²) >= 11 is 0. The van der Waals surface area contributed by atoms with Crippen LogP contribution in [0.1, 0.15) is 30.4 Å². The highest BCUT2D eigenvalue weighted by atomic mass is 16.4. The quantitative estimate of drug-likeness (QED) is 0.421. The van der Waals surface area contributed by atoms with Crippen LogP contribution in [0.3, 0.4) is 0 Å². The number of H-pyrrole nitrogens is 2. The van der Waals surface area contributed by atoms with E-state index in [4.69, 9.17) is 20.3 Å². The number of benzene rings is 2. The Hall–Kier alpha value is -3.42. The van der Waals surface area contributed by atoms with Crippen molar-refractivity contribution in [3.8, 4) is 0 Å². The molecule has 6 N–H and O–H groups in total. The van der Waals surface area contributed by atoms with Gasteiger partial charge in [-0.2, -0.15) is 0 Å². The number of nitrogens with two attached hydrogens (primary N) is 2. The molecule has 0 saturated carbocycles. The Kier molecular flexibility index (Phi) is 3.21. The maximum atomic E-state index is 11.4. The fourth-order valence-electron chi connectivity index (χ4n) is 3.27. The number of nitrogens with one attached hydrogen (secondary N) is 2. The average molecular weight is 340 g/mol. The van der Waals surface area contributed by atoms with Crippen molar-refractivity contribution >= 4 is 33.6 Å². The number of aromatic nitrogens is 2. The van der Waals surface area contributed by atoms with Gasteiger partial charge in [-0.15, -0.1) is 0 Å². The van der Waals surface area contributed by atoms with Gasteiger partial charge in [0.1, 0.15) is 11.0 Å². The van der Waals surface area contributed by atoms with E-state index in [0.717, 1.165) is 17.5 Å². The molecule has 0 aliphatic carbocycles. The predicted molar refractivity (Wildman–Crippen MR) is 94.6 cm³/mol. The van der Waals surface area contributed by atoms with Crippen LogP contribution in [0.15, 0.2) is 42.7 Å². The van der Waals surface area contributed by atoms with Crippen LogP contribution in [0.25, 0.3) is 22.2 Å². The molecule has 2 heterocycles. The molecule has 0 aliphatic rings. The zero-order chi connectivity index (χ0) is 17.7. The average Bonchev–Trinajstić information content (AvgIpc) is 3.10. The van der Waals surface area contributed by atoms with Crippen molar-refractivity contribution in [3.05, 3.63) is 56.5 Å². The minimum atomic E-state index is -0.549. The molecular weight excluding hydrogens is 324 g/mol. The first-order valence-corrected chi connectivity index (χ1v) is 7.80. The summed E-state index contributed by atoms with van der Waals surface area (Å²) in [5.74, 6) is -1.16. The smallest absolute Gasteiger partial charge is 0.408 e. The third kappa shape index (κ3) is 2.38. The second-order valence-electron chi connectivity index (χ2n) is 5.96. The molecule has 0 atom stereocenters. The van der Waals surface area contributed by atoms with Crippen molar-refractivity contribution in [3.63, 3.8) is 0 Å². The zero-order valence-electron chi connectivity index (χ0n) is 13.4. The van der Waals surface area contributed by atoms with Gasteiger partial charge < -0.3 is 20.3 Å². The maximum Gasteiger partial charge on any atom is 0.417 e. The van der Waals surface area contributed by atoms with Crippen molar-refractivity contribution in [2.45, 2.75) is 19.3 Å². The largest absolute Gasteiger partial charge is 0.417 e. The normalized spacial score (nSPS) is 11.8. The molecule has 4 aromatic rings. The number of rotatable bonds is 3. The van der Waals surface area contributed by atoms with Crippen molar-refractivity contribution in [2.75, 3.05) is 11.5 Å². The van der Waals surface area contributed by atoms with Crippen LogP contribution in [-0.4, -0.2) is 9.97 Å². The summed E-state index contributed by atoms with van der Waals surface area (Å²) in [6.45, 7) is 2.02. The zero-order valence-corrected chi connectivity index (χ0v) is 13.4. The minimum Gasteiger partial charge on any atom is -0.408 e. The lowest BCUT2D eigenvalue weighted by molar-refractivity contribution is 0.554. The van der Waals surface area contributed by atoms with Crippen molar-refractivity contribution in [2.24, 2.45) is 0 Å². The van der Waals surface area contributed by atoms with E-state index in [1.807, 2.05) is 6.92 Å². The van der Waals surface area contributed by atoms with Gasteiger partial charge >= 0.3 is 11.5 Å². The molecule has 0 unspecified atom stereocenters. The molecule has 0 aliphatic heterocycles. The topological polar surface area (TPSA) is 144 Å². The number of nitrogen functional groups attached to an aromatic ring is 2. The SMILES string of the molecule is CCC(c1cc(N)c2[nH]c(=O)oc2c1)c1cc(N)c2[nH]c(=O)oc2c1. The van der Waals surface area contributed by atoms with Crippen molar-refractivity contribution in [1.29, 1.82) is 0 Å². The monoisotopic (exact) mass is 340 g/mol. The first-order chi connectivity index (χ1) is 12.0. The molecule has 128 valence electrons. The highest BCUT2D eigenvalue weighted by Gasteiger charge is 2.18. The number of hydrogen-bond acceptors (Lipinski definition) is 6. The van der Waals surface area contributed by atoms with E-state index < -0.39 is 11.5 Å². The molecule has 0 bridgehead atoms. The standard InChI is InChI=1S/C17H16N4O4/c1-2-9(7-3-10(18)14-12(5-7)24-16(22)20-14)8-4-11(19)15-13(6-8)25-17(23)21-15/h3-6,9H,2,18-19H2,1H3,(H,20,22)(H,21,23). The fourth-order valence-corrected chi connectivity index (χ4v) is 3.27. The Balaban J connectivity index is 1.90. The van der Waals surface area contributed by atoms with Crippen molar-refractivity contribution in [1.82, 2.24) is 9.97 Å². The van der Waals surface area contributed by atoms with Crippen LogP contribution in [-0.2, 0) is 0 Å². The minimum absolute atomic E-state index is 0.0567. The molecule has 8 heteroatoms. The second kappa shape index (κ2) is 5.30. The highest BCUT2D eigenvalue weighted by Crippen LogP contribution is 2.34. The number of oxazole rings is 2. The summed E-state index contributed by atoms with van der Waals surface area (Å²) in [4.78, 5) is 28.0. The van der Waals surface area contributed by atoms with Crippen LogP contribution < -0.4 is 23.0 Å². The first-order valence-electron chi connectivity index (χ1n) is 7.80. The molecular formula is C17H16N4O4. The number of fused-ring (bicyclic) bond motifs is 2. The van der Waals surface area contributed by atoms with Gasteiger partial charge in [0.25, 0.3) is 0 Å². The summed E-state index contributed by atoms with van der Waals surface area (Å²) in [5.41, 5.74) is 16.5. The Morgan fingerprint density at radius 2 is 1.32 bits per heavy atom. The Bertz CT molecular complexity index is 1120. The summed E-state index contributed by atoms with van der Waals surface area (Å²) in [7, 11) is 0. The van der Waals surface area contributed by atoms with E-state index >= 15 is 0 Å². The second-order valence-corrected chi connectivity index (χ2v) is 5.96. The first kappa shape index (κ1) is 15.1. The van der Waals surface area contributed by atoms with Gasteiger partial charge in [-0.05, 0) is 41.8 Å². The molecule has 2 aromatic heterocycles. The third-order valence-electron chi connectivity index (χ3n) is 4.38. The van der Waals surface area contributed by atoms with Crippen LogP contribution in [0.2, 0.25) is 0 Å². The third-order valence-corrected chi connectivity index (χ3v) is 4.38. The maximum absolute atomic E-state index is 11.4. The molecule has 0 amide bonds. The Morgan fingerprint density at radius 1 is 0.880 bits per heavy atom. The van der Waals surface area contributed by atoms with Crippen molar-refractivity contribution < 1.29 is 8.83 Å². The van der Waals surface area contributed by atoms with Crippen LogP contribution in [0.5, 0.6) is 0 Å². The molecule has 0 saturated heterocycles. The number of aromatic amines is 2. The van der Waals surface area contributed by atoms with E-state index in [1.54, 1.807) is 24.3 Å². The van der Waals surface area contributed by atoms with Gasteiger partial charge in [0.05, 0.1) is 11.4 Å². The lowest BCUT2D eigenvalue weighted by atomic mass is 9.88.